The zero-order valence-electron chi connectivity index (χ0n) is 12.9. The van der Waals surface area contributed by atoms with E-state index in [1.807, 2.05) is 24.3 Å². The SMILES string of the molecule is O=C(C[C@H]1CSc2ccccc2NC1=O)NCc1ccc(F)cc1. The Hall–Kier alpha value is -2.34. The number of hydrogen-bond acceptors (Lipinski definition) is 3. The molecule has 2 aromatic rings. The maximum absolute atomic E-state index is 12.9. The van der Waals surface area contributed by atoms with Gasteiger partial charge in [0.25, 0.3) is 0 Å². The molecule has 1 aliphatic heterocycles. The van der Waals surface area contributed by atoms with Crippen molar-refractivity contribution in [2.45, 2.75) is 17.9 Å². The van der Waals surface area contributed by atoms with Crippen LogP contribution in [0.4, 0.5) is 10.1 Å². The van der Waals surface area contributed by atoms with E-state index in [4.69, 9.17) is 0 Å². The number of amides is 2. The third-order valence-electron chi connectivity index (χ3n) is 3.79. The molecule has 0 spiro atoms. The van der Waals surface area contributed by atoms with Crippen molar-refractivity contribution in [3.8, 4) is 0 Å². The van der Waals surface area contributed by atoms with Gasteiger partial charge in [-0.1, -0.05) is 24.3 Å². The summed E-state index contributed by atoms with van der Waals surface area (Å²) in [5, 5.41) is 5.65. The Morgan fingerprint density at radius 3 is 2.75 bits per heavy atom. The van der Waals surface area contributed by atoms with Crippen LogP contribution in [0.25, 0.3) is 0 Å². The van der Waals surface area contributed by atoms with Gasteiger partial charge in [-0.15, -0.1) is 11.8 Å². The van der Waals surface area contributed by atoms with Gasteiger partial charge in [0.2, 0.25) is 11.8 Å². The lowest BCUT2D eigenvalue weighted by Gasteiger charge is -2.12. The van der Waals surface area contributed by atoms with Crippen LogP contribution in [-0.2, 0) is 16.1 Å². The highest BCUT2D eigenvalue weighted by molar-refractivity contribution is 7.99. The maximum Gasteiger partial charge on any atom is 0.228 e. The number of nitrogens with one attached hydrogen (secondary N) is 2. The molecular formula is C18H17FN2O2S. The largest absolute Gasteiger partial charge is 0.352 e. The van der Waals surface area contributed by atoms with Gasteiger partial charge in [-0.2, -0.15) is 0 Å². The van der Waals surface area contributed by atoms with Crippen molar-refractivity contribution in [3.63, 3.8) is 0 Å². The zero-order valence-corrected chi connectivity index (χ0v) is 13.7. The topological polar surface area (TPSA) is 58.2 Å². The van der Waals surface area contributed by atoms with Crippen molar-refractivity contribution in [2.75, 3.05) is 11.1 Å². The summed E-state index contributed by atoms with van der Waals surface area (Å²) in [7, 11) is 0. The van der Waals surface area contributed by atoms with Crippen LogP contribution in [0, 0.1) is 11.7 Å². The molecule has 0 radical (unpaired) electrons. The van der Waals surface area contributed by atoms with Crippen molar-refractivity contribution in [1.82, 2.24) is 5.32 Å². The van der Waals surface area contributed by atoms with Crippen molar-refractivity contribution < 1.29 is 14.0 Å². The van der Waals surface area contributed by atoms with Gasteiger partial charge in [-0.25, -0.2) is 4.39 Å². The van der Waals surface area contributed by atoms with Gasteiger partial charge in [0, 0.05) is 23.6 Å². The molecule has 0 unspecified atom stereocenters. The summed E-state index contributed by atoms with van der Waals surface area (Å²) in [6.07, 6.45) is 0.133. The molecule has 0 aliphatic carbocycles. The molecule has 0 fully saturated rings. The predicted octanol–water partition coefficient (Wildman–Crippen LogP) is 3.19. The van der Waals surface area contributed by atoms with Crippen molar-refractivity contribution in [3.05, 3.63) is 59.9 Å². The van der Waals surface area contributed by atoms with E-state index in [1.165, 1.54) is 12.1 Å². The van der Waals surface area contributed by atoms with E-state index < -0.39 is 0 Å². The molecule has 1 heterocycles. The predicted molar refractivity (Wildman–Crippen MR) is 92.1 cm³/mol. The van der Waals surface area contributed by atoms with Gasteiger partial charge in [-0.05, 0) is 29.8 Å². The second kappa shape index (κ2) is 7.49. The van der Waals surface area contributed by atoms with E-state index in [1.54, 1.807) is 23.9 Å². The summed E-state index contributed by atoms with van der Waals surface area (Å²) in [5.41, 5.74) is 1.61. The lowest BCUT2D eigenvalue weighted by Crippen LogP contribution is -2.31. The molecule has 4 nitrogen and oxygen atoms in total. The van der Waals surface area contributed by atoms with Gasteiger partial charge < -0.3 is 10.6 Å². The number of rotatable bonds is 4. The standard InChI is InChI=1S/C18H17FN2O2S/c19-14-7-5-12(6-8-14)10-20-17(22)9-13-11-24-16-4-2-1-3-15(16)21-18(13)23/h1-8,13H,9-11H2,(H,20,22)(H,21,23)/t13-/m0/s1. The van der Waals surface area contributed by atoms with Crippen LogP contribution in [0.15, 0.2) is 53.4 Å². The van der Waals surface area contributed by atoms with E-state index in [-0.39, 0.29) is 30.0 Å². The molecule has 1 atom stereocenters. The van der Waals surface area contributed by atoms with Gasteiger partial charge in [0.1, 0.15) is 5.82 Å². The summed E-state index contributed by atoms with van der Waals surface area (Å²) in [6, 6.07) is 13.6. The molecule has 2 aromatic carbocycles. The van der Waals surface area contributed by atoms with Crippen LogP contribution in [0.5, 0.6) is 0 Å². The molecule has 124 valence electrons. The third-order valence-corrected chi connectivity index (χ3v) is 5.03. The molecule has 6 heteroatoms. The van der Waals surface area contributed by atoms with Crippen molar-refractivity contribution >= 4 is 29.3 Å². The highest BCUT2D eigenvalue weighted by atomic mass is 32.2. The van der Waals surface area contributed by atoms with Crippen LogP contribution < -0.4 is 10.6 Å². The van der Waals surface area contributed by atoms with Gasteiger partial charge in [0.15, 0.2) is 0 Å². The smallest absolute Gasteiger partial charge is 0.228 e. The normalized spacial score (nSPS) is 16.7. The number of para-hydroxylation sites is 1. The number of halogens is 1. The average molecular weight is 344 g/mol. The number of fused-ring (bicyclic) bond motifs is 1. The van der Waals surface area contributed by atoms with Gasteiger partial charge >= 0.3 is 0 Å². The number of thioether (sulfide) groups is 1. The summed E-state index contributed by atoms with van der Waals surface area (Å²) in [4.78, 5) is 25.4. The minimum Gasteiger partial charge on any atom is -0.352 e. The second-order valence-corrected chi connectivity index (χ2v) is 6.66. The van der Waals surface area contributed by atoms with Crippen LogP contribution in [0.3, 0.4) is 0 Å². The summed E-state index contributed by atoms with van der Waals surface area (Å²) >= 11 is 1.57. The average Bonchev–Trinajstić information content (AvgIpc) is 2.74. The Morgan fingerprint density at radius 2 is 1.96 bits per heavy atom. The van der Waals surface area contributed by atoms with Crippen LogP contribution >= 0.6 is 11.8 Å². The Labute approximate surface area is 143 Å². The molecule has 0 saturated heterocycles. The number of anilines is 1. The molecule has 0 bridgehead atoms. The Balaban J connectivity index is 1.55. The monoisotopic (exact) mass is 344 g/mol. The fourth-order valence-corrected chi connectivity index (χ4v) is 3.55. The first-order chi connectivity index (χ1) is 11.6. The van der Waals surface area contributed by atoms with E-state index in [0.29, 0.717) is 12.3 Å². The number of carbonyl (C=O) groups excluding carboxylic acids is 2. The molecule has 3 rings (SSSR count). The van der Waals surface area contributed by atoms with Crippen molar-refractivity contribution in [1.29, 1.82) is 0 Å². The highest BCUT2D eigenvalue weighted by Crippen LogP contribution is 2.33. The molecule has 2 amide bonds. The molecular weight excluding hydrogens is 327 g/mol. The molecule has 2 N–H and O–H groups in total. The lowest BCUT2D eigenvalue weighted by molar-refractivity contribution is -0.126. The third kappa shape index (κ3) is 4.14. The van der Waals surface area contributed by atoms with Crippen LogP contribution in [0.2, 0.25) is 0 Å². The van der Waals surface area contributed by atoms with Gasteiger partial charge in [0.05, 0.1) is 11.6 Å². The van der Waals surface area contributed by atoms with E-state index in [2.05, 4.69) is 10.6 Å². The second-order valence-electron chi connectivity index (χ2n) is 5.60. The van der Waals surface area contributed by atoms with E-state index >= 15 is 0 Å². The zero-order chi connectivity index (χ0) is 16.9. The Morgan fingerprint density at radius 1 is 1.21 bits per heavy atom. The van der Waals surface area contributed by atoms with Gasteiger partial charge in [-0.3, -0.25) is 9.59 Å². The number of benzene rings is 2. The highest BCUT2D eigenvalue weighted by Gasteiger charge is 2.26. The van der Waals surface area contributed by atoms with E-state index in [9.17, 15) is 14.0 Å². The molecule has 0 saturated carbocycles. The van der Waals surface area contributed by atoms with Crippen LogP contribution in [0.1, 0.15) is 12.0 Å². The fourth-order valence-electron chi connectivity index (χ4n) is 2.45. The van der Waals surface area contributed by atoms with E-state index in [0.717, 1.165) is 16.1 Å². The lowest BCUT2D eigenvalue weighted by atomic mass is 10.1. The molecule has 1 aliphatic rings. The minimum absolute atomic E-state index is 0.133. The first-order valence-corrected chi connectivity index (χ1v) is 8.64. The quantitative estimate of drug-likeness (QED) is 0.895. The Bertz CT molecular complexity index is 749. The molecule has 24 heavy (non-hydrogen) atoms. The summed E-state index contributed by atoms with van der Waals surface area (Å²) in [6.45, 7) is 0.320. The number of hydrogen-bond donors (Lipinski definition) is 2. The Kier molecular flexibility index (Phi) is 5.15. The first-order valence-electron chi connectivity index (χ1n) is 7.65. The summed E-state index contributed by atoms with van der Waals surface area (Å²) in [5.74, 6) is -0.449. The fraction of sp³-hybridized carbons (Fsp3) is 0.222. The molecule has 0 aromatic heterocycles. The van der Waals surface area contributed by atoms with Crippen LogP contribution in [-0.4, -0.2) is 17.6 Å². The number of carbonyl (C=O) groups is 2. The summed E-state index contributed by atoms with van der Waals surface area (Å²) < 4.78 is 12.9. The van der Waals surface area contributed by atoms with Crippen molar-refractivity contribution in [2.24, 2.45) is 5.92 Å². The first kappa shape index (κ1) is 16.5. The minimum atomic E-state index is -0.379. The maximum atomic E-state index is 12.9.